The maximum absolute atomic E-state index is 12.5. The number of carbonyl (C=O) groups excluding carboxylic acids is 2. The first kappa shape index (κ1) is 22.5. The second-order valence-corrected chi connectivity index (χ2v) is 7.25. The number of aromatic hydroxyl groups is 1. The summed E-state index contributed by atoms with van der Waals surface area (Å²) in [7, 11) is 0. The summed E-state index contributed by atoms with van der Waals surface area (Å²) in [6, 6.07) is 4.06. The van der Waals surface area contributed by atoms with Crippen LogP contribution in [0.3, 0.4) is 0 Å². The molecule has 2 aliphatic rings. The Morgan fingerprint density at radius 3 is 2.61 bits per heavy atom. The van der Waals surface area contributed by atoms with Gasteiger partial charge in [0.05, 0.1) is 0 Å². The van der Waals surface area contributed by atoms with E-state index in [1.165, 1.54) is 40.9 Å². The number of nitrogens with one attached hydrogen (secondary N) is 1. The summed E-state index contributed by atoms with van der Waals surface area (Å²) in [6.45, 7) is 1.77. The second kappa shape index (κ2) is 9.15. The molecule has 0 radical (unpaired) electrons. The van der Waals surface area contributed by atoms with Crippen molar-refractivity contribution in [1.29, 1.82) is 0 Å². The van der Waals surface area contributed by atoms with Gasteiger partial charge in [-0.05, 0) is 30.2 Å². The Bertz CT molecular complexity index is 862. The number of carboxylic acid groups (broad SMARTS) is 1. The molecule has 0 unspecified atom stereocenters. The molecule has 3 rings (SSSR count). The topological polar surface area (TPSA) is 133 Å². The first-order valence-corrected chi connectivity index (χ1v) is 9.28. The molecule has 0 bridgehead atoms. The normalized spacial score (nSPS) is 22.2. The van der Waals surface area contributed by atoms with Gasteiger partial charge in [0.2, 0.25) is 5.91 Å². The third kappa shape index (κ3) is 4.13. The van der Waals surface area contributed by atoms with Crippen molar-refractivity contribution in [1.82, 2.24) is 10.2 Å². The second-order valence-electron chi connectivity index (χ2n) is 6.14. The van der Waals surface area contributed by atoms with E-state index in [0.717, 1.165) is 0 Å². The van der Waals surface area contributed by atoms with Gasteiger partial charge in [-0.15, -0.1) is 11.8 Å². The number of allylic oxidation sites excluding steroid dienone is 2. The van der Waals surface area contributed by atoms with Gasteiger partial charge in [0, 0.05) is 5.75 Å². The Balaban J connectivity index is 0.00000210. The molecule has 0 spiro atoms. The van der Waals surface area contributed by atoms with E-state index in [4.69, 9.17) is 5.73 Å². The molecule has 3 atom stereocenters. The predicted molar refractivity (Wildman–Crippen MR) is 101 cm³/mol. The Labute approximate surface area is 189 Å². The maximum atomic E-state index is 12.5. The number of benzene rings is 1. The van der Waals surface area contributed by atoms with Gasteiger partial charge in [-0.25, -0.2) is 4.79 Å². The van der Waals surface area contributed by atoms with Gasteiger partial charge in [0.15, 0.2) is 0 Å². The van der Waals surface area contributed by atoms with Crippen LogP contribution in [0, 0.1) is 0 Å². The number of hydrogen-bond donors (Lipinski definition) is 4. The van der Waals surface area contributed by atoms with Crippen molar-refractivity contribution in [3.63, 3.8) is 0 Å². The minimum absolute atomic E-state index is 0. The standard InChI is InChI=1S/C18H19N3O5S.Na.H/c1-2-3-10-8-27-17-13(16(24)21(17)14(10)18(25)26)20-15(23)12(19)9-4-6-11(22)7-5-9;;/h2-7,12-13,17,22H,8,19H2,1H3,(H,20,23)(H,25,26);;/q;+1;-1/t12-,13-,17-;;/m1../s1. The number of aliphatic carboxylic acids is 1. The summed E-state index contributed by atoms with van der Waals surface area (Å²) in [5.74, 6) is -1.71. The van der Waals surface area contributed by atoms with E-state index in [1.807, 2.05) is 0 Å². The third-order valence-corrected chi connectivity index (χ3v) is 5.70. The first-order chi connectivity index (χ1) is 12.8. The fraction of sp³-hybridized carbons (Fsp3) is 0.278. The summed E-state index contributed by atoms with van der Waals surface area (Å²) < 4.78 is 0. The quantitative estimate of drug-likeness (QED) is 0.319. The van der Waals surface area contributed by atoms with E-state index in [2.05, 4.69) is 5.32 Å². The van der Waals surface area contributed by atoms with E-state index in [0.29, 0.717) is 16.9 Å². The van der Waals surface area contributed by atoms with Gasteiger partial charge in [-0.3, -0.25) is 14.5 Å². The molecular formula is C18H20N3NaO5S. The van der Waals surface area contributed by atoms with E-state index in [-0.39, 0.29) is 42.4 Å². The van der Waals surface area contributed by atoms with Crippen molar-refractivity contribution < 1.29 is 55.6 Å². The van der Waals surface area contributed by atoms with Crippen LogP contribution in [-0.2, 0) is 14.4 Å². The summed E-state index contributed by atoms with van der Waals surface area (Å²) in [6.07, 6.45) is 3.39. The van der Waals surface area contributed by atoms with Crippen LogP contribution in [0.4, 0.5) is 0 Å². The number of hydrogen-bond acceptors (Lipinski definition) is 6. The summed E-state index contributed by atoms with van der Waals surface area (Å²) in [5.41, 5.74) is 6.93. The van der Waals surface area contributed by atoms with Crippen LogP contribution in [0.1, 0.15) is 20.0 Å². The molecule has 8 nitrogen and oxygen atoms in total. The molecule has 2 amide bonds. The number of fused-ring (bicyclic) bond motifs is 1. The molecule has 1 fully saturated rings. The molecule has 0 saturated carbocycles. The van der Waals surface area contributed by atoms with Crippen molar-refractivity contribution in [2.45, 2.75) is 24.4 Å². The number of amides is 2. The Kier molecular flexibility index (Phi) is 7.35. The SMILES string of the molecule is CC=CC1=C(C(=O)O)N2C(=O)[C@@H](NC(=O)[C@H](N)c3ccc(O)cc3)[C@H]2SC1.[H-].[Na+]. The van der Waals surface area contributed by atoms with Crippen molar-refractivity contribution in [2.75, 3.05) is 5.75 Å². The zero-order chi connectivity index (χ0) is 19.7. The Morgan fingerprint density at radius 1 is 1.39 bits per heavy atom. The molecule has 0 aliphatic carbocycles. The number of thioether (sulfide) groups is 1. The van der Waals surface area contributed by atoms with Crippen LogP contribution < -0.4 is 40.6 Å². The fourth-order valence-electron chi connectivity index (χ4n) is 3.05. The van der Waals surface area contributed by atoms with Crippen LogP contribution in [0.2, 0.25) is 0 Å². The number of carboxylic acids is 1. The van der Waals surface area contributed by atoms with Crippen LogP contribution in [0.15, 0.2) is 47.7 Å². The summed E-state index contributed by atoms with van der Waals surface area (Å²) >= 11 is 1.39. The fourth-order valence-corrected chi connectivity index (χ4v) is 4.37. The Hall–Kier alpha value is -1.78. The Morgan fingerprint density at radius 2 is 2.04 bits per heavy atom. The number of carbonyl (C=O) groups is 3. The van der Waals surface area contributed by atoms with Crippen molar-refractivity contribution in [3.05, 3.63) is 53.3 Å². The molecular weight excluding hydrogens is 393 g/mol. The molecule has 1 aromatic rings. The van der Waals surface area contributed by atoms with Crippen LogP contribution >= 0.6 is 11.8 Å². The van der Waals surface area contributed by atoms with Gasteiger partial charge in [0.25, 0.3) is 5.91 Å². The third-order valence-electron chi connectivity index (χ3n) is 4.40. The number of β-lactam (4-membered cyclic amide) rings is 1. The zero-order valence-corrected chi connectivity index (χ0v) is 18.3. The van der Waals surface area contributed by atoms with Gasteiger partial charge in [-0.1, -0.05) is 24.3 Å². The number of nitrogens with zero attached hydrogens (tertiary/aromatic N) is 1. The van der Waals surface area contributed by atoms with Crippen molar-refractivity contribution >= 4 is 29.5 Å². The molecule has 144 valence electrons. The summed E-state index contributed by atoms with van der Waals surface area (Å²) in [4.78, 5) is 37.7. The van der Waals surface area contributed by atoms with E-state index in [9.17, 15) is 24.6 Å². The number of phenols is 1. The average Bonchev–Trinajstić information content (AvgIpc) is 2.65. The number of rotatable bonds is 5. The van der Waals surface area contributed by atoms with Crippen molar-refractivity contribution in [3.8, 4) is 5.75 Å². The van der Waals surface area contributed by atoms with Crippen molar-refractivity contribution in [2.24, 2.45) is 5.73 Å². The molecule has 1 aromatic carbocycles. The molecule has 0 aromatic heterocycles. The minimum Gasteiger partial charge on any atom is -1.00 e. The maximum Gasteiger partial charge on any atom is 1.00 e. The van der Waals surface area contributed by atoms with Crippen LogP contribution in [0.25, 0.3) is 0 Å². The van der Waals surface area contributed by atoms with Gasteiger partial charge in [-0.2, -0.15) is 0 Å². The largest absolute Gasteiger partial charge is 1.00 e. The minimum atomic E-state index is -1.17. The molecule has 1 saturated heterocycles. The van der Waals surface area contributed by atoms with E-state index < -0.39 is 35.2 Å². The molecule has 2 aliphatic heterocycles. The molecule has 28 heavy (non-hydrogen) atoms. The van der Waals surface area contributed by atoms with Crippen LogP contribution in [0.5, 0.6) is 5.75 Å². The molecule has 10 heteroatoms. The summed E-state index contributed by atoms with van der Waals surface area (Å²) in [5, 5.41) is 20.9. The molecule has 5 N–H and O–H groups in total. The number of phenolic OH excluding ortho intramolecular Hbond substituents is 1. The van der Waals surface area contributed by atoms with Crippen LogP contribution in [-0.4, -0.2) is 50.1 Å². The zero-order valence-electron chi connectivity index (χ0n) is 16.5. The van der Waals surface area contributed by atoms with Gasteiger partial charge >= 0.3 is 35.5 Å². The monoisotopic (exact) mass is 413 g/mol. The van der Waals surface area contributed by atoms with E-state index in [1.54, 1.807) is 19.1 Å². The smallest absolute Gasteiger partial charge is 1.00 e. The average molecular weight is 413 g/mol. The van der Waals surface area contributed by atoms with Gasteiger partial charge < -0.3 is 22.7 Å². The molecule has 2 heterocycles. The van der Waals surface area contributed by atoms with E-state index >= 15 is 0 Å². The predicted octanol–water partition coefficient (Wildman–Crippen LogP) is -2.18. The first-order valence-electron chi connectivity index (χ1n) is 8.24. The number of nitrogens with two attached hydrogens (primary N) is 1. The van der Waals surface area contributed by atoms with Gasteiger partial charge in [0.1, 0.15) is 28.9 Å².